The number of hydrogen-bond donors (Lipinski definition) is 4. The molecule has 0 saturated carbocycles. The summed E-state index contributed by atoms with van der Waals surface area (Å²) >= 11 is 0. The molecule has 2 saturated heterocycles. The lowest BCUT2D eigenvalue weighted by Gasteiger charge is -2.33. The van der Waals surface area contributed by atoms with Crippen LogP contribution in [0, 0.1) is 45.3 Å². The largest absolute Gasteiger partial charge is 0.475 e. The van der Waals surface area contributed by atoms with Gasteiger partial charge in [0.1, 0.15) is 43.0 Å². The quantitative estimate of drug-likeness (QED) is 0.0180. The number of phosphoric ester groups is 1. The van der Waals surface area contributed by atoms with Crippen molar-refractivity contribution >= 4 is 62.4 Å². The van der Waals surface area contributed by atoms with Gasteiger partial charge in [-0.05, 0) is 66.5 Å². The van der Waals surface area contributed by atoms with Crippen LogP contribution in [-0.2, 0) is 60.2 Å². The second-order valence-corrected chi connectivity index (χ2v) is 24.3. The molecule has 442 valence electrons. The number of imidazole rings is 2. The van der Waals surface area contributed by atoms with Gasteiger partial charge in [-0.2, -0.15) is 20.8 Å². The van der Waals surface area contributed by atoms with Crippen molar-refractivity contribution in [1.82, 2.24) is 39.0 Å². The second kappa shape index (κ2) is 27.3. The van der Waals surface area contributed by atoms with Crippen LogP contribution >= 0.6 is 16.4 Å². The van der Waals surface area contributed by atoms with E-state index >= 15 is 0 Å². The summed E-state index contributed by atoms with van der Waals surface area (Å²) in [5.74, 6) is -0.650. The average molecular weight is 1180 g/mol. The lowest BCUT2D eigenvalue weighted by Crippen LogP contribution is -2.38. The Morgan fingerprint density at radius 1 is 0.854 bits per heavy atom. The zero-order chi connectivity index (χ0) is 59.6. The van der Waals surface area contributed by atoms with Crippen molar-refractivity contribution in [3.63, 3.8) is 0 Å². The van der Waals surface area contributed by atoms with E-state index < -0.39 is 120 Å². The van der Waals surface area contributed by atoms with Gasteiger partial charge < -0.3 is 53.0 Å². The summed E-state index contributed by atoms with van der Waals surface area (Å²) in [5, 5.41) is 46.7. The van der Waals surface area contributed by atoms with E-state index in [9.17, 15) is 39.8 Å². The number of aromatic amines is 1. The van der Waals surface area contributed by atoms with Gasteiger partial charge in [0, 0.05) is 19.2 Å². The Morgan fingerprint density at radius 2 is 1.50 bits per heavy atom. The number of anilines is 2. The Bertz CT molecular complexity index is 3210. The van der Waals surface area contributed by atoms with E-state index in [-0.39, 0.29) is 65.9 Å². The van der Waals surface area contributed by atoms with Gasteiger partial charge in [0.05, 0.1) is 86.6 Å². The Labute approximate surface area is 473 Å². The number of ether oxygens (including phenoxy) is 5. The fourth-order valence-corrected chi connectivity index (χ4v) is 11.2. The van der Waals surface area contributed by atoms with Crippen LogP contribution in [0.25, 0.3) is 22.3 Å². The van der Waals surface area contributed by atoms with Crippen molar-refractivity contribution in [2.45, 2.75) is 142 Å². The number of nitriles is 3. The molecule has 0 radical (unpaired) electrons. The molecule has 0 aliphatic carbocycles. The van der Waals surface area contributed by atoms with Crippen molar-refractivity contribution in [3.8, 4) is 18.2 Å². The van der Waals surface area contributed by atoms with Gasteiger partial charge in [0.25, 0.3) is 11.5 Å². The van der Waals surface area contributed by atoms with E-state index in [0.29, 0.717) is 12.1 Å². The SMILES string of the molecule is CO[C@@H]1[C@H](OP(OCCC#N)OC[C@H]2O[C@@H](n3cnc4c(NC(=O)c5ccccc5)ncnc43)[C@H](OCOC(=O)C(C)(C)C)[C@@H]2O)[C@@H](COP(=O)(OC(C)(C)CC#N)OC(C)(C)CC#N)O[C@H]1n1cnc2c(=O)[nH]c(NCC(C)C)nc21. The molecular weight excluding hydrogens is 1110 g/mol. The molecule has 2 aliphatic rings. The summed E-state index contributed by atoms with van der Waals surface area (Å²) in [6.45, 7) is 13.5. The van der Waals surface area contributed by atoms with E-state index in [4.69, 9.17) is 50.8 Å². The van der Waals surface area contributed by atoms with Crippen LogP contribution in [0.4, 0.5) is 11.8 Å². The van der Waals surface area contributed by atoms with Gasteiger partial charge in [0.2, 0.25) is 5.95 Å². The molecule has 2 aliphatic heterocycles. The van der Waals surface area contributed by atoms with E-state index in [1.807, 2.05) is 32.1 Å². The molecule has 0 bridgehead atoms. The fraction of sp³-hybridized carbons (Fsp3) is 0.588. The van der Waals surface area contributed by atoms with Crippen LogP contribution in [0.1, 0.15) is 104 Å². The molecule has 6 heterocycles. The topological polar surface area (TPSA) is 376 Å². The Balaban J connectivity index is 1.21. The number of fused-ring (bicyclic) bond motifs is 2. The van der Waals surface area contributed by atoms with Crippen LogP contribution < -0.4 is 16.2 Å². The van der Waals surface area contributed by atoms with Gasteiger partial charge in [-0.15, -0.1) is 0 Å². The van der Waals surface area contributed by atoms with Gasteiger partial charge in [0.15, 0.2) is 47.4 Å². The summed E-state index contributed by atoms with van der Waals surface area (Å²) in [4.78, 5) is 64.2. The number of esters is 1. The maximum Gasteiger partial charge on any atom is 0.475 e. The standard InChI is InChI=1S/C51H67N13O16P2/c1-30(2)23-55-48-61-42-35(44(67)62-48)59-28-64(42)46-39(70-10)37(33(77-46)25-75-82(69,79-50(6,7)17-20-53)80-51(8,9)18-21-54)78-81(73-22-14-19-52)74-24-32-36(65)38(71-29-72-47(68)49(3,4)5)45(76-32)63-27-58-34-40(56-26-57-41(34)63)60-43(66)31-15-12-11-13-16-31/h11-13,15-16,26-28,30,32-33,36-39,45-46,65H,14,17-18,22-25,29H2,1-10H3,(H2,55,61,62,67)(H,56,57,60,66)/t32-,33-,36-,37-,38-,39-,45-,46-,81?/m1/s1. The van der Waals surface area contributed by atoms with Crippen LogP contribution in [-0.4, -0.2) is 144 Å². The molecule has 4 N–H and O–H groups in total. The number of carbonyl (C=O) groups excluding carboxylic acids is 2. The van der Waals surface area contributed by atoms with E-state index in [0.717, 1.165) is 0 Å². The molecule has 9 atom stereocenters. The highest BCUT2D eigenvalue weighted by molar-refractivity contribution is 7.48. The highest BCUT2D eigenvalue weighted by Crippen LogP contribution is 2.57. The molecule has 1 aromatic carbocycles. The molecule has 5 aromatic rings. The smallest absolute Gasteiger partial charge is 0.438 e. The number of rotatable bonds is 28. The summed E-state index contributed by atoms with van der Waals surface area (Å²) in [5.41, 5.74) is -3.52. The highest BCUT2D eigenvalue weighted by Gasteiger charge is 2.52. The first-order valence-electron chi connectivity index (χ1n) is 25.9. The van der Waals surface area contributed by atoms with Crippen LogP contribution in [0.2, 0.25) is 0 Å². The minimum Gasteiger partial charge on any atom is -0.438 e. The van der Waals surface area contributed by atoms with Gasteiger partial charge in [-0.3, -0.25) is 42.1 Å². The first-order valence-corrected chi connectivity index (χ1v) is 28.5. The molecule has 0 spiro atoms. The van der Waals surface area contributed by atoms with E-state index in [1.54, 1.807) is 51.1 Å². The minimum atomic E-state index is -4.73. The number of nitrogens with one attached hydrogen (secondary N) is 3. The molecule has 1 amide bonds. The zero-order valence-electron chi connectivity index (χ0n) is 46.9. The molecule has 7 rings (SSSR count). The summed E-state index contributed by atoms with van der Waals surface area (Å²) in [7, 11) is -6.01. The normalized spacial score (nSPS) is 21.8. The number of phosphoric acid groups is 1. The van der Waals surface area contributed by atoms with Gasteiger partial charge in [-0.25, -0.2) is 24.5 Å². The third-order valence-corrected chi connectivity index (χ3v) is 15.4. The van der Waals surface area contributed by atoms with Crippen molar-refractivity contribution in [2.75, 3.05) is 50.9 Å². The number of aliphatic hydroxyl groups excluding tert-OH is 1. The Hall–Kier alpha value is -6.45. The molecule has 2 fully saturated rings. The maximum absolute atomic E-state index is 14.8. The van der Waals surface area contributed by atoms with Crippen molar-refractivity contribution < 1.29 is 70.1 Å². The summed E-state index contributed by atoms with van der Waals surface area (Å²) in [6, 6.07) is 14.4. The summed E-state index contributed by atoms with van der Waals surface area (Å²) in [6.07, 6.45) is -7.11. The van der Waals surface area contributed by atoms with Crippen molar-refractivity contribution in [2.24, 2.45) is 11.3 Å². The molecule has 29 nitrogen and oxygen atoms in total. The summed E-state index contributed by atoms with van der Waals surface area (Å²) < 4.78 is 85.3. The number of carbonyl (C=O) groups is 2. The third-order valence-electron chi connectivity index (χ3n) is 12.3. The van der Waals surface area contributed by atoms with Crippen molar-refractivity contribution in [3.05, 3.63) is 65.2 Å². The highest BCUT2D eigenvalue weighted by atomic mass is 31.2. The maximum atomic E-state index is 14.8. The predicted octanol–water partition coefficient (Wildman–Crippen LogP) is 6.48. The monoisotopic (exact) mass is 1180 g/mol. The van der Waals surface area contributed by atoms with Gasteiger partial charge in [-0.1, -0.05) is 32.0 Å². The zero-order valence-corrected chi connectivity index (χ0v) is 48.7. The number of aliphatic hydroxyl groups is 1. The number of methoxy groups -OCH3 is 1. The number of amides is 1. The molecule has 82 heavy (non-hydrogen) atoms. The molecule has 1 unspecified atom stereocenters. The lowest BCUT2D eigenvalue weighted by molar-refractivity contribution is -0.179. The van der Waals surface area contributed by atoms with E-state index in [2.05, 4.69) is 40.5 Å². The van der Waals surface area contributed by atoms with Crippen LogP contribution in [0.5, 0.6) is 0 Å². The van der Waals surface area contributed by atoms with E-state index in [1.165, 1.54) is 62.9 Å². The number of aromatic nitrogens is 8. The lowest BCUT2D eigenvalue weighted by atomic mass is 9.98. The number of H-pyrrole nitrogens is 1. The molecular formula is C51H67N13O16P2. The fourth-order valence-electron chi connectivity index (χ4n) is 8.27. The van der Waals surface area contributed by atoms with Crippen LogP contribution in [0.15, 0.2) is 54.1 Å². The predicted molar refractivity (Wildman–Crippen MR) is 289 cm³/mol. The molecule has 31 heteroatoms. The van der Waals surface area contributed by atoms with Gasteiger partial charge >= 0.3 is 22.4 Å². The number of hydrogen-bond acceptors (Lipinski definition) is 25. The molecule has 4 aromatic heterocycles. The third kappa shape index (κ3) is 15.8. The van der Waals surface area contributed by atoms with Crippen LogP contribution in [0.3, 0.4) is 0 Å². The number of benzene rings is 1. The number of nitrogens with zero attached hydrogens (tertiary/aromatic N) is 10. The second-order valence-electron chi connectivity index (χ2n) is 21.6. The first kappa shape index (κ1) is 63.1. The Morgan fingerprint density at radius 3 is 2.13 bits per heavy atom. The van der Waals surface area contributed by atoms with Crippen molar-refractivity contribution in [1.29, 1.82) is 15.8 Å². The Kier molecular flexibility index (Phi) is 21.0. The first-order chi connectivity index (χ1) is 38.9. The average Bonchev–Trinajstić information content (AvgIpc) is 4.29. The minimum absolute atomic E-state index is 0.0450.